The number of hydrogen-bond donors (Lipinski definition) is 1. The lowest BCUT2D eigenvalue weighted by Gasteiger charge is -2.21. The van der Waals surface area contributed by atoms with Gasteiger partial charge in [0, 0.05) is 35.7 Å². The van der Waals surface area contributed by atoms with Gasteiger partial charge in [0.2, 0.25) is 15.9 Å². The normalized spacial score (nSPS) is 12.1. The Labute approximate surface area is 173 Å². The van der Waals surface area contributed by atoms with E-state index in [1.54, 1.807) is 38.1 Å². The van der Waals surface area contributed by atoms with Gasteiger partial charge in [0.25, 0.3) is 0 Å². The summed E-state index contributed by atoms with van der Waals surface area (Å²) < 4.78 is 40.5. The molecule has 0 aliphatic carbocycles. The molecule has 0 aliphatic rings. The van der Waals surface area contributed by atoms with Crippen LogP contribution in [0, 0.1) is 5.82 Å². The van der Waals surface area contributed by atoms with Crippen molar-refractivity contribution in [1.82, 2.24) is 9.62 Å². The van der Waals surface area contributed by atoms with Crippen LogP contribution in [0.15, 0.2) is 57.9 Å². The fourth-order valence-electron chi connectivity index (χ4n) is 2.28. The molecule has 2 rings (SSSR count). The third kappa shape index (κ3) is 5.73. The van der Waals surface area contributed by atoms with Gasteiger partial charge in [-0.3, -0.25) is 4.79 Å². The maximum absolute atomic E-state index is 13.7. The summed E-state index contributed by atoms with van der Waals surface area (Å²) in [4.78, 5) is 12.1. The Morgan fingerprint density at radius 3 is 2.46 bits per heavy atom. The van der Waals surface area contributed by atoms with Crippen LogP contribution in [0.1, 0.15) is 25.0 Å². The van der Waals surface area contributed by atoms with Gasteiger partial charge in [-0.1, -0.05) is 28.1 Å². The van der Waals surface area contributed by atoms with Gasteiger partial charge in [0.15, 0.2) is 0 Å². The Balaban J connectivity index is 1.99. The molecule has 0 saturated heterocycles. The molecular weight excluding hydrogens is 447 g/mol. The van der Waals surface area contributed by atoms with E-state index in [1.165, 1.54) is 41.7 Å². The number of nitrogens with one attached hydrogen (secondary N) is 1. The number of hydrogen-bond acceptors (Lipinski definition) is 3. The molecule has 2 aromatic rings. The summed E-state index contributed by atoms with van der Waals surface area (Å²) in [6, 6.07) is 10.7. The third-order valence-electron chi connectivity index (χ3n) is 4.17. The van der Waals surface area contributed by atoms with Crippen LogP contribution in [0.4, 0.5) is 4.39 Å². The Hall–Kier alpha value is -2.03. The Morgan fingerprint density at radius 1 is 1.21 bits per heavy atom. The highest BCUT2D eigenvalue weighted by molar-refractivity contribution is 9.10. The molecule has 150 valence electrons. The first-order valence-electron chi connectivity index (χ1n) is 8.59. The van der Waals surface area contributed by atoms with Crippen molar-refractivity contribution < 1.29 is 17.6 Å². The van der Waals surface area contributed by atoms with Crippen molar-refractivity contribution in [3.05, 3.63) is 70.0 Å². The molecule has 1 amide bonds. The van der Waals surface area contributed by atoms with Crippen molar-refractivity contribution >= 4 is 37.9 Å². The highest BCUT2D eigenvalue weighted by Gasteiger charge is 2.22. The van der Waals surface area contributed by atoms with E-state index in [0.29, 0.717) is 10.0 Å². The zero-order valence-corrected chi connectivity index (χ0v) is 18.2. The first-order chi connectivity index (χ1) is 13.1. The van der Waals surface area contributed by atoms with E-state index < -0.39 is 15.8 Å². The van der Waals surface area contributed by atoms with Crippen molar-refractivity contribution in [1.29, 1.82) is 0 Å². The topological polar surface area (TPSA) is 66.5 Å². The van der Waals surface area contributed by atoms with Crippen LogP contribution >= 0.6 is 15.9 Å². The molecule has 2 aromatic carbocycles. The highest BCUT2D eigenvalue weighted by atomic mass is 79.9. The number of benzene rings is 2. The highest BCUT2D eigenvalue weighted by Crippen LogP contribution is 2.18. The van der Waals surface area contributed by atoms with Gasteiger partial charge < -0.3 is 5.32 Å². The lowest BCUT2D eigenvalue weighted by molar-refractivity contribution is -0.116. The number of amides is 1. The van der Waals surface area contributed by atoms with Crippen LogP contribution < -0.4 is 5.32 Å². The van der Waals surface area contributed by atoms with Crippen molar-refractivity contribution in [2.75, 3.05) is 7.05 Å². The molecule has 0 bridgehead atoms. The molecule has 1 N–H and O–H groups in total. The summed E-state index contributed by atoms with van der Waals surface area (Å²) in [7, 11) is -2.00. The number of rotatable bonds is 7. The third-order valence-corrected chi connectivity index (χ3v) is 6.71. The summed E-state index contributed by atoms with van der Waals surface area (Å²) in [5, 5.41) is 2.68. The minimum Gasteiger partial charge on any atom is -0.348 e. The average molecular weight is 469 g/mol. The molecule has 0 radical (unpaired) electrons. The second-order valence-corrected chi connectivity index (χ2v) is 9.39. The molecule has 5 nitrogen and oxygen atoms in total. The molecule has 0 saturated carbocycles. The van der Waals surface area contributed by atoms with E-state index in [1.807, 2.05) is 0 Å². The minimum absolute atomic E-state index is 0.147. The lowest BCUT2D eigenvalue weighted by atomic mass is 10.2. The van der Waals surface area contributed by atoms with E-state index in [4.69, 9.17) is 0 Å². The Morgan fingerprint density at radius 2 is 1.86 bits per heavy atom. The van der Waals surface area contributed by atoms with E-state index in [-0.39, 0.29) is 23.4 Å². The molecule has 0 atom stereocenters. The number of nitrogens with zero attached hydrogens (tertiary/aromatic N) is 1. The number of halogens is 2. The smallest absolute Gasteiger partial charge is 0.244 e. The largest absolute Gasteiger partial charge is 0.348 e. The maximum atomic E-state index is 13.7. The van der Waals surface area contributed by atoms with Gasteiger partial charge in [-0.25, -0.2) is 12.8 Å². The van der Waals surface area contributed by atoms with Crippen molar-refractivity contribution in [2.24, 2.45) is 0 Å². The van der Waals surface area contributed by atoms with Gasteiger partial charge in [-0.05, 0) is 55.8 Å². The van der Waals surface area contributed by atoms with Crippen LogP contribution in [-0.4, -0.2) is 31.7 Å². The van der Waals surface area contributed by atoms with Crippen LogP contribution in [-0.2, 0) is 21.4 Å². The van der Waals surface area contributed by atoms with Crippen LogP contribution in [0.3, 0.4) is 0 Å². The molecule has 0 aliphatic heterocycles. The molecule has 8 heteroatoms. The van der Waals surface area contributed by atoms with Crippen LogP contribution in [0.2, 0.25) is 0 Å². The van der Waals surface area contributed by atoms with Crippen LogP contribution in [0.25, 0.3) is 6.08 Å². The zero-order valence-electron chi connectivity index (χ0n) is 15.8. The summed E-state index contributed by atoms with van der Waals surface area (Å²) in [5.41, 5.74) is 1.05. The van der Waals surface area contributed by atoms with Gasteiger partial charge >= 0.3 is 0 Å². The fraction of sp³-hybridized carbons (Fsp3) is 0.250. The standard InChI is InChI=1S/C20H22BrFN2O3S/c1-14(2)24(3)28(26,27)18-8-4-15(5-9-18)13-23-20(25)11-6-16-12-17(21)7-10-19(16)22/h4-12,14H,13H2,1-3H3,(H,23,25). The maximum Gasteiger partial charge on any atom is 0.244 e. The summed E-state index contributed by atoms with van der Waals surface area (Å²) in [5.74, 6) is -0.800. The molecule has 0 heterocycles. The first kappa shape index (κ1) is 22.3. The van der Waals surface area contributed by atoms with E-state index in [0.717, 1.165) is 5.56 Å². The molecule has 0 unspecified atom stereocenters. The summed E-state index contributed by atoms with van der Waals surface area (Å²) >= 11 is 3.25. The van der Waals surface area contributed by atoms with Crippen molar-refractivity contribution in [3.8, 4) is 0 Å². The monoisotopic (exact) mass is 468 g/mol. The van der Waals surface area contributed by atoms with Crippen molar-refractivity contribution in [2.45, 2.75) is 31.3 Å². The second kappa shape index (κ2) is 9.45. The molecule has 28 heavy (non-hydrogen) atoms. The summed E-state index contributed by atoms with van der Waals surface area (Å²) in [6.07, 6.45) is 2.65. The minimum atomic E-state index is -3.54. The fourth-order valence-corrected chi connectivity index (χ4v) is 4.03. The van der Waals surface area contributed by atoms with Gasteiger partial charge in [0.05, 0.1) is 4.90 Å². The number of sulfonamides is 1. The van der Waals surface area contributed by atoms with E-state index in [2.05, 4.69) is 21.2 Å². The Bertz CT molecular complexity index is 973. The number of carbonyl (C=O) groups is 1. The molecule has 0 spiro atoms. The van der Waals surface area contributed by atoms with Crippen molar-refractivity contribution in [3.63, 3.8) is 0 Å². The molecular formula is C20H22BrFN2O3S. The van der Waals surface area contributed by atoms with E-state index in [9.17, 15) is 17.6 Å². The lowest BCUT2D eigenvalue weighted by Crippen LogP contribution is -2.33. The molecule has 0 aromatic heterocycles. The second-order valence-electron chi connectivity index (χ2n) is 6.48. The quantitative estimate of drug-likeness (QED) is 0.625. The predicted octanol–water partition coefficient (Wildman–Crippen LogP) is 3.95. The average Bonchev–Trinajstić information content (AvgIpc) is 2.66. The van der Waals surface area contributed by atoms with E-state index >= 15 is 0 Å². The first-order valence-corrected chi connectivity index (χ1v) is 10.8. The SMILES string of the molecule is CC(C)N(C)S(=O)(=O)c1ccc(CNC(=O)C=Cc2cc(Br)ccc2F)cc1. The number of carbonyl (C=O) groups excluding carboxylic acids is 1. The zero-order chi connectivity index (χ0) is 20.9. The van der Waals surface area contributed by atoms with Crippen LogP contribution in [0.5, 0.6) is 0 Å². The van der Waals surface area contributed by atoms with Gasteiger partial charge in [0.1, 0.15) is 5.82 Å². The Kier molecular flexibility index (Phi) is 7.51. The molecule has 0 fully saturated rings. The summed E-state index contributed by atoms with van der Waals surface area (Å²) in [6.45, 7) is 3.83. The van der Waals surface area contributed by atoms with Gasteiger partial charge in [-0.2, -0.15) is 4.31 Å². The van der Waals surface area contributed by atoms with Gasteiger partial charge in [-0.15, -0.1) is 0 Å². The predicted molar refractivity (Wildman–Crippen MR) is 112 cm³/mol.